The summed E-state index contributed by atoms with van der Waals surface area (Å²) in [5.74, 6) is 1.26. The summed E-state index contributed by atoms with van der Waals surface area (Å²) in [6.45, 7) is 2.53. The number of thiazole rings is 1. The molecule has 0 unspecified atom stereocenters. The van der Waals surface area contributed by atoms with E-state index in [0.29, 0.717) is 33.8 Å². The van der Waals surface area contributed by atoms with Crippen LogP contribution in [-0.2, 0) is 4.79 Å². The largest absolute Gasteiger partial charge is 0.494 e. The van der Waals surface area contributed by atoms with Crippen LogP contribution in [0.25, 0.3) is 22.6 Å². The number of nitrogens with two attached hydrogens (primary N) is 1. The van der Waals surface area contributed by atoms with Crippen molar-refractivity contribution >= 4 is 40.0 Å². The van der Waals surface area contributed by atoms with Crippen LogP contribution < -0.4 is 15.8 Å². The molecule has 0 aliphatic carbocycles. The average Bonchev–Trinajstić information content (AvgIpc) is 3.57. The maximum Gasteiger partial charge on any atom is 0.226 e. The monoisotopic (exact) mass is 516 g/mol. The zero-order valence-corrected chi connectivity index (χ0v) is 20.8. The van der Waals surface area contributed by atoms with E-state index in [4.69, 9.17) is 14.9 Å². The predicted molar refractivity (Wildman–Crippen MR) is 138 cm³/mol. The van der Waals surface area contributed by atoms with Crippen LogP contribution in [0.4, 0.5) is 10.9 Å². The third kappa shape index (κ3) is 5.49. The lowest BCUT2D eigenvalue weighted by Gasteiger charge is -2.11. The van der Waals surface area contributed by atoms with Gasteiger partial charge in [-0.15, -0.1) is 23.1 Å². The fraction of sp³-hybridized carbons (Fsp3) is 0.160. The van der Waals surface area contributed by atoms with Crippen LogP contribution in [-0.4, -0.2) is 28.2 Å². The van der Waals surface area contributed by atoms with Crippen molar-refractivity contribution < 1.29 is 13.9 Å². The molecule has 0 aliphatic rings. The molecule has 4 rings (SSSR count). The highest BCUT2D eigenvalue weighted by atomic mass is 32.2. The van der Waals surface area contributed by atoms with E-state index < -0.39 is 0 Å². The molecule has 0 fully saturated rings. The topological polar surface area (TPSA) is 151 Å². The molecular weight excluding hydrogens is 496 g/mol. The zero-order chi connectivity index (χ0) is 25.5. The number of furan rings is 1. The van der Waals surface area contributed by atoms with Crippen molar-refractivity contribution in [2.45, 2.75) is 18.4 Å². The lowest BCUT2D eigenvalue weighted by Crippen LogP contribution is -2.12. The fourth-order valence-corrected chi connectivity index (χ4v) is 5.02. The quantitative estimate of drug-likeness (QED) is 0.282. The average molecular weight is 517 g/mol. The Morgan fingerprint density at radius 3 is 2.64 bits per heavy atom. The van der Waals surface area contributed by atoms with Gasteiger partial charge in [0, 0.05) is 23.1 Å². The first kappa shape index (κ1) is 24.8. The lowest BCUT2D eigenvalue weighted by atomic mass is 10.0. The second-order valence-corrected chi connectivity index (χ2v) is 9.21. The second-order valence-electron chi connectivity index (χ2n) is 7.27. The Labute approximate surface area is 215 Å². The van der Waals surface area contributed by atoms with E-state index in [2.05, 4.69) is 21.4 Å². The van der Waals surface area contributed by atoms with E-state index in [1.807, 2.05) is 42.6 Å². The minimum absolute atomic E-state index is 0.000504. The van der Waals surface area contributed by atoms with E-state index in [0.717, 1.165) is 17.0 Å². The molecule has 0 radical (unpaired) electrons. The van der Waals surface area contributed by atoms with Crippen LogP contribution in [0.3, 0.4) is 0 Å². The third-order valence-electron chi connectivity index (χ3n) is 4.96. The predicted octanol–water partition coefficient (Wildman–Crippen LogP) is 5.31. The van der Waals surface area contributed by atoms with Crippen molar-refractivity contribution in [1.29, 1.82) is 10.5 Å². The second kappa shape index (κ2) is 11.4. The number of ether oxygens (including phenoxy) is 1. The number of benzene rings is 1. The van der Waals surface area contributed by atoms with Crippen LogP contribution in [0.2, 0.25) is 0 Å². The van der Waals surface area contributed by atoms with Gasteiger partial charge in [-0.05, 0) is 43.3 Å². The highest BCUT2D eigenvalue weighted by Gasteiger charge is 2.22. The van der Waals surface area contributed by atoms with Gasteiger partial charge in [-0.1, -0.05) is 0 Å². The number of nitrogens with one attached hydrogen (secondary N) is 1. The van der Waals surface area contributed by atoms with Gasteiger partial charge in [0.2, 0.25) is 5.91 Å². The van der Waals surface area contributed by atoms with Crippen molar-refractivity contribution in [1.82, 2.24) is 9.97 Å². The van der Waals surface area contributed by atoms with Crippen LogP contribution in [0, 0.1) is 22.7 Å². The molecule has 4 aromatic rings. The van der Waals surface area contributed by atoms with Crippen molar-refractivity contribution in [3.8, 4) is 40.5 Å². The minimum atomic E-state index is -0.221. The van der Waals surface area contributed by atoms with E-state index in [1.54, 1.807) is 12.1 Å². The van der Waals surface area contributed by atoms with E-state index in [9.17, 15) is 15.3 Å². The Kier molecular flexibility index (Phi) is 7.85. The summed E-state index contributed by atoms with van der Waals surface area (Å²) in [6, 6.07) is 15.0. The van der Waals surface area contributed by atoms with Crippen molar-refractivity contribution in [2.75, 3.05) is 23.4 Å². The van der Waals surface area contributed by atoms with E-state index in [1.165, 1.54) is 29.4 Å². The molecular formula is C25H20N6O3S2. The Bertz CT molecular complexity index is 1450. The number of thioether (sulfide) groups is 1. The van der Waals surface area contributed by atoms with Crippen LogP contribution in [0.5, 0.6) is 5.75 Å². The van der Waals surface area contributed by atoms with Gasteiger partial charge in [0.1, 0.15) is 40.1 Å². The van der Waals surface area contributed by atoms with Gasteiger partial charge >= 0.3 is 0 Å². The van der Waals surface area contributed by atoms with Gasteiger partial charge in [-0.3, -0.25) is 4.79 Å². The van der Waals surface area contributed by atoms with Gasteiger partial charge < -0.3 is 20.2 Å². The van der Waals surface area contributed by atoms with Gasteiger partial charge in [0.25, 0.3) is 0 Å². The Hall–Kier alpha value is -4.32. The summed E-state index contributed by atoms with van der Waals surface area (Å²) in [4.78, 5) is 21.2. The summed E-state index contributed by atoms with van der Waals surface area (Å²) in [7, 11) is 0. The summed E-state index contributed by atoms with van der Waals surface area (Å²) in [5, 5.41) is 24.8. The molecule has 0 atom stereocenters. The molecule has 0 aliphatic heterocycles. The number of carbonyl (C=O) groups excluding carboxylic acids is 1. The smallest absolute Gasteiger partial charge is 0.226 e. The van der Waals surface area contributed by atoms with Crippen LogP contribution >= 0.6 is 23.1 Å². The number of hydrogen-bond acceptors (Lipinski definition) is 10. The number of anilines is 2. The molecule has 3 heterocycles. The van der Waals surface area contributed by atoms with Crippen molar-refractivity contribution in [3.63, 3.8) is 0 Å². The standard InChI is InChI=1S/C25H20N6O3S2/c1-2-33-16-7-5-15(6-8-16)19-14-36-25(29-19)30-21(32)9-11-35-24-18(13-27)22(20-4-3-10-34-20)17(12-26)23(28)31-24/h3-8,10,14H,2,9,11H2,1H3,(H2,28,31)(H,29,30,32). The molecule has 1 aromatic carbocycles. The van der Waals surface area contributed by atoms with Gasteiger partial charge in [-0.25, -0.2) is 9.97 Å². The van der Waals surface area contributed by atoms with Crippen LogP contribution in [0.1, 0.15) is 24.5 Å². The first-order chi connectivity index (χ1) is 17.5. The molecule has 3 aromatic heterocycles. The number of nitriles is 2. The number of nitrogens with zero attached hydrogens (tertiary/aromatic N) is 4. The highest BCUT2D eigenvalue weighted by molar-refractivity contribution is 7.99. The number of nitrogen functional groups attached to an aromatic ring is 1. The van der Waals surface area contributed by atoms with Crippen LogP contribution in [0.15, 0.2) is 57.5 Å². The molecule has 180 valence electrons. The molecule has 11 heteroatoms. The fourth-order valence-electron chi connectivity index (χ4n) is 3.34. The normalized spacial score (nSPS) is 10.4. The van der Waals surface area contributed by atoms with Crippen molar-refractivity contribution in [3.05, 3.63) is 59.2 Å². The summed E-state index contributed by atoms with van der Waals surface area (Å²) < 4.78 is 10.9. The maximum absolute atomic E-state index is 12.5. The van der Waals surface area contributed by atoms with Gasteiger partial charge in [-0.2, -0.15) is 10.5 Å². The highest BCUT2D eigenvalue weighted by Crippen LogP contribution is 2.36. The molecule has 9 nitrogen and oxygen atoms in total. The number of hydrogen-bond donors (Lipinski definition) is 2. The molecule has 0 saturated heterocycles. The Balaban J connectivity index is 1.40. The van der Waals surface area contributed by atoms with Gasteiger partial charge in [0.15, 0.2) is 5.13 Å². The Morgan fingerprint density at radius 1 is 1.19 bits per heavy atom. The number of aromatic nitrogens is 2. The molecule has 3 N–H and O–H groups in total. The van der Waals surface area contributed by atoms with E-state index in [-0.39, 0.29) is 29.3 Å². The molecule has 0 spiro atoms. The SMILES string of the molecule is CCOc1ccc(-c2csc(NC(=O)CCSc3nc(N)c(C#N)c(-c4ccco4)c3C#N)n2)cc1. The molecule has 0 bridgehead atoms. The number of carbonyl (C=O) groups is 1. The van der Waals surface area contributed by atoms with Gasteiger partial charge in [0.05, 0.1) is 29.7 Å². The number of amides is 1. The molecule has 0 saturated carbocycles. The molecule has 1 amide bonds. The summed E-state index contributed by atoms with van der Waals surface area (Å²) >= 11 is 2.54. The summed E-state index contributed by atoms with van der Waals surface area (Å²) in [6.07, 6.45) is 1.61. The number of rotatable bonds is 9. The first-order valence-electron chi connectivity index (χ1n) is 10.8. The minimum Gasteiger partial charge on any atom is -0.494 e. The van der Waals surface area contributed by atoms with E-state index >= 15 is 0 Å². The number of pyridine rings is 1. The maximum atomic E-state index is 12.5. The first-order valence-corrected chi connectivity index (χ1v) is 12.7. The third-order valence-corrected chi connectivity index (χ3v) is 6.70. The summed E-state index contributed by atoms with van der Waals surface area (Å²) in [5.41, 5.74) is 8.22. The molecule has 36 heavy (non-hydrogen) atoms. The van der Waals surface area contributed by atoms with Crippen molar-refractivity contribution in [2.24, 2.45) is 0 Å². The lowest BCUT2D eigenvalue weighted by molar-refractivity contribution is -0.115. The Morgan fingerprint density at radius 2 is 1.97 bits per heavy atom. The zero-order valence-electron chi connectivity index (χ0n) is 19.1.